The Morgan fingerprint density at radius 3 is 2.57 bits per heavy atom. The summed E-state index contributed by atoms with van der Waals surface area (Å²) in [7, 11) is 1.31. The summed E-state index contributed by atoms with van der Waals surface area (Å²) in [5.74, 6) is -0.283. The van der Waals surface area contributed by atoms with Crippen molar-refractivity contribution in [2.75, 3.05) is 32.2 Å². The molecule has 2 aromatic carbocycles. The van der Waals surface area contributed by atoms with Crippen LogP contribution in [0.3, 0.4) is 0 Å². The Labute approximate surface area is 181 Å². The van der Waals surface area contributed by atoms with Gasteiger partial charge in [0, 0.05) is 23.9 Å². The van der Waals surface area contributed by atoms with Crippen molar-refractivity contribution in [1.29, 1.82) is 0 Å². The van der Waals surface area contributed by atoms with Crippen molar-refractivity contribution in [3.8, 4) is 5.75 Å². The Morgan fingerprint density at radius 1 is 1.17 bits per heavy atom. The third-order valence-corrected chi connectivity index (χ3v) is 5.60. The third-order valence-electron chi connectivity index (χ3n) is 5.27. The van der Waals surface area contributed by atoms with Crippen LogP contribution in [0.25, 0.3) is 0 Å². The Balaban J connectivity index is 1.92. The first-order valence-corrected chi connectivity index (χ1v) is 10.4. The number of halogens is 1. The molecule has 0 atom stereocenters. The van der Waals surface area contributed by atoms with Crippen molar-refractivity contribution < 1.29 is 23.8 Å². The minimum Gasteiger partial charge on any atom is -0.493 e. The van der Waals surface area contributed by atoms with Crippen molar-refractivity contribution in [2.24, 2.45) is 0 Å². The first kappa shape index (κ1) is 22.1. The Morgan fingerprint density at radius 2 is 1.90 bits per heavy atom. The minimum absolute atomic E-state index is 0.183. The predicted octanol–water partition coefficient (Wildman–Crippen LogP) is 4.60. The lowest BCUT2D eigenvalue weighted by Gasteiger charge is -2.36. The molecular weight excluding hydrogens is 406 g/mol. The van der Waals surface area contributed by atoms with Crippen molar-refractivity contribution in [3.05, 3.63) is 58.6 Å². The molecular formula is C23H26ClNO5. The standard InChI is InChI=1S/C23H26ClNO5/c1-3-12-30-20-9-8-16(15-17(20)21(26)28-2)25-22(27)23(10-13-29-14-11-23)18-6-4-5-7-19(18)24/h4-9,15H,3,10-14H2,1-2H3,(H,25,27). The van der Waals surface area contributed by atoms with Crippen molar-refractivity contribution in [3.63, 3.8) is 0 Å². The SMILES string of the molecule is CCCOc1ccc(NC(=O)C2(c3ccccc3Cl)CCOCC2)cc1C(=O)OC. The fourth-order valence-electron chi connectivity index (χ4n) is 3.65. The van der Waals surface area contributed by atoms with E-state index in [9.17, 15) is 9.59 Å². The van der Waals surface area contributed by atoms with Gasteiger partial charge in [-0.15, -0.1) is 0 Å². The normalized spacial score (nSPS) is 15.3. The van der Waals surface area contributed by atoms with Crippen LogP contribution in [0, 0.1) is 0 Å². The van der Waals surface area contributed by atoms with E-state index in [1.54, 1.807) is 24.3 Å². The van der Waals surface area contributed by atoms with E-state index >= 15 is 0 Å². The molecule has 0 aliphatic carbocycles. The lowest BCUT2D eigenvalue weighted by atomic mass is 9.73. The third kappa shape index (κ3) is 4.60. The zero-order valence-corrected chi connectivity index (χ0v) is 18.0. The summed E-state index contributed by atoms with van der Waals surface area (Å²) >= 11 is 6.45. The molecule has 0 radical (unpaired) electrons. The molecule has 1 aliphatic heterocycles. The van der Waals surface area contributed by atoms with Crippen LogP contribution >= 0.6 is 11.6 Å². The van der Waals surface area contributed by atoms with Crippen LogP contribution in [0.15, 0.2) is 42.5 Å². The van der Waals surface area contributed by atoms with Crippen LogP contribution in [0.1, 0.15) is 42.1 Å². The summed E-state index contributed by atoms with van der Waals surface area (Å²) < 4.78 is 16.0. The molecule has 6 nitrogen and oxygen atoms in total. The summed E-state index contributed by atoms with van der Waals surface area (Å²) in [4.78, 5) is 25.7. The highest BCUT2D eigenvalue weighted by molar-refractivity contribution is 6.31. The maximum absolute atomic E-state index is 13.5. The van der Waals surface area contributed by atoms with Gasteiger partial charge in [-0.05, 0) is 49.1 Å². The average molecular weight is 432 g/mol. The average Bonchev–Trinajstić information content (AvgIpc) is 2.78. The van der Waals surface area contributed by atoms with Gasteiger partial charge in [0.1, 0.15) is 11.3 Å². The first-order valence-electron chi connectivity index (χ1n) is 10.0. The quantitative estimate of drug-likeness (QED) is 0.648. The number of ether oxygens (including phenoxy) is 3. The van der Waals surface area contributed by atoms with Crippen LogP contribution in [0.4, 0.5) is 5.69 Å². The van der Waals surface area contributed by atoms with Gasteiger partial charge in [-0.3, -0.25) is 4.79 Å². The molecule has 1 heterocycles. The van der Waals surface area contributed by atoms with Gasteiger partial charge in [-0.25, -0.2) is 4.79 Å². The summed E-state index contributed by atoms with van der Waals surface area (Å²) in [6.07, 6.45) is 1.84. The first-order chi connectivity index (χ1) is 14.5. The molecule has 160 valence electrons. The Hall–Kier alpha value is -2.57. The number of carbonyl (C=O) groups is 2. The summed E-state index contributed by atoms with van der Waals surface area (Å²) in [6, 6.07) is 12.4. The largest absolute Gasteiger partial charge is 0.493 e. The minimum atomic E-state index is -0.806. The Bertz CT molecular complexity index is 908. The van der Waals surface area contributed by atoms with Gasteiger partial charge in [0.25, 0.3) is 0 Å². The van der Waals surface area contributed by atoms with Gasteiger partial charge in [-0.1, -0.05) is 36.7 Å². The number of benzene rings is 2. The molecule has 1 amide bonds. The molecule has 2 aromatic rings. The number of methoxy groups -OCH3 is 1. The van der Waals surface area contributed by atoms with Crippen LogP contribution in [-0.2, 0) is 19.7 Å². The van der Waals surface area contributed by atoms with Crippen molar-refractivity contribution in [1.82, 2.24) is 0 Å². The smallest absolute Gasteiger partial charge is 0.341 e. The van der Waals surface area contributed by atoms with Gasteiger partial charge in [0.05, 0.1) is 19.1 Å². The Kier molecular flexibility index (Phi) is 7.34. The molecule has 0 bridgehead atoms. The molecule has 0 saturated carbocycles. The zero-order valence-electron chi connectivity index (χ0n) is 17.2. The van der Waals surface area contributed by atoms with Gasteiger partial charge in [0.2, 0.25) is 5.91 Å². The zero-order chi connectivity index (χ0) is 21.6. The number of hydrogen-bond acceptors (Lipinski definition) is 5. The van der Waals surface area contributed by atoms with E-state index in [2.05, 4.69) is 5.32 Å². The van der Waals surface area contributed by atoms with Crippen LogP contribution in [0.2, 0.25) is 5.02 Å². The highest BCUT2D eigenvalue weighted by atomic mass is 35.5. The van der Waals surface area contributed by atoms with Crippen LogP contribution in [-0.4, -0.2) is 38.8 Å². The molecule has 0 spiro atoms. The molecule has 30 heavy (non-hydrogen) atoms. The highest BCUT2D eigenvalue weighted by Crippen LogP contribution is 2.40. The second-order valence-corrected chi connectivity index (χ2v) is 7.59. The molecule has 0 aromatic heterocycles. The molecule has 1 aliphatic rings. The summed E-state index contributed by atoms with van der Waals surface area (Å²) in [5, 5.41) is 3.51. The van der Waals surface area contributed by atoms with E-state index in [0.717, 1.165) is 12.0 Å². The number of rotatable bonds is 7. The van der Waals surface area contributed by atoms with E-state index in [1.165, 1.54) is 7.11 Å². The lowest BCUT2D eigenvalue weighted by molar-refractivity contribution is -0.125. The second-order valence-electron chi connectivity index (χ2n) is 7.18. The number of anilines is 1. The van der Waals surface area contributed by atoms with E-state index in [0.29, 0.717) is 49.1 Å². The lowest BCUT2D eigenvalue weighted by Crippen LogP contribution is -2.45. The molecule has 1 fully saturated rings. The monoisotopic (exact) mass is 431 g/mol. The van der Waals surface area contributed by atoms with Crippen molar-refractivity contribution in [2.45, 2.75) is 31.6 Å². The number of carbonyl (C=O) groups excluding carboxylic acids is 2. The fourth-order valence-corrected chi connectivity index (χ4v) is 3.97. The van der Waals surface area contributed by atoms with Gasteiger partial charge >= 0.3 is 5.97 Å². The number of hydrogen-bond donors (Lipinski definition) is 1. The van der Waals surface area contributed by atoms with Gasteiger partial charge in [-0.2, -0.15) is 0 Å². The summed E-state index contributed by atoms with van der Waals surface area (Å²) in [5.41, 5.74) is 0.729. The second kappa shape index (κ2) is 9.96. The predicted molar refractivity (Wildman–Crippen MR) is 115 cm³/mol. The topological polar surface area (TPSA) is 73.9 Å². The molecule has 1 saturated heterocycles. The number of amides is 1. The molecule has 7 heteroatoms. The maximum atomic E-state index is 13.5. The van der Waals surface area contributed by atoms with E-state index in [4.69, 9.17) is 25.8 Å². The molecule has 0 unspecified atom stereocenters. The van der Waals surface area contributed by atoms with E-state index in [-0.39, 0.29) is 11.5 Å². The number of nitrogens with one attached hydrogen (secondary N) is 1. The van der Waals surface area contributed by atoms with Gasteiger partial charge in [0.15, 0.2) is 0 Å². The van der Waals surface area contributed by atoms with Crippen LogP contribution in [0.5, 0.6) is 5.75 Å². The summed E-state index contributed by atoms with van der Waals surface area (Å²) in [6.45, 7) is 3.39. The molecule has 1 N–H and O–H groups in total. The van der Waals surface area contributed by atoms with Gasteiger partial charge < -0.3 is 19.5 Å². The van der Waals surface area contributed by atoms with Crippen molar-refractivity contribution >= 4 is 29.2 Å². The van der Waals surface area contributed by atoms with E-state index in [1.807, 2.05) is 25.1 Å². The maximum Gasteiger partial charge on any atom is 0.341 e. The van der Waals surface area contributed by atoms with Crippen LogP contribution < -0.4 is 10.1 Å². The molecule has 3 rings (SSSR count). The fraction of sp³-hybridized carbons (Fsp3) is 0.391. The number of esters is 1. The van der Waals surface area contributed by atoms with E-state index < -0.39 is 11.4 Å². The highest BCUT2D eigenvalue weighted by Gasteiger charge is 2.43.